The number of piperidine rings is 1. The summed E-state index contributed by atoms with van der Waals surface area (Å²) in [5, 5.41) is 0. The molecule has 122 valence electrons. The first kappa shape index (κ1) is 16.8. The van der Waals surface area contributed by atoms with Crippen molar-refractivity contribution >= 4 is 15.9 Å². The van der Waals surface area contributed by atoms with Gasteiger partial charge in [-0.25, -0.2) is 13.1 Å². The van der Waals surface area contributed by atoms with Gasteiger partial charge in [-0.3, -0.25) is 4.79 Å². The third-order valence-electron chi connectivity index (χ3n) is 3.77. The lowest BCUT2D eigenvalue weighted by Gasteiger charge is -2.26. The Morgan fingerprint density at radius 2 is 2.09 bits per heavy atom. The first-order valence-electron chi connectivity index (χ1n) is 7.36. The van der Waals surface area contributed by atoms with Crippen LogP contribution in [0, 0.1) is 6.92 Å². The van der Waals surface area contributed by atoms with Crippen molar-refractivity contribution in [1.82, 2.24) is 9.62 Å². The lowest BCUT2D eigenvalue weighted by atomic mass is 10.1. The van der Waals surface area contributed by atoms with Gasteiger partial charge >= 0.3 is 0 Å². The number of sulfonamides is 1. The number of carbonyl (C=O) groups is 1. The van der Waals surface area contributed by atoms with E-state index < -0.39 is 10.0 Å². The number of aryl methyl sites for hydroxylation is 1. The Bertz CT molecular complexity index is 643. The number of methoxy groups -OCH3 is 1. The number of carbonyl (C=O) groups excluding carboxylic acids is 1. The van der Waals surface area contributed by atoms with Crippen molar-refractivity contribution in [3.63, 3.8) is 0 Å². The van der Waals surface area contributed by atoms with Gasteiger partial charge in [-0.15, -0.1) is 0 Å². The number of nitrogens with zero attached hydrogens (tertiary/aromatic N) is 1. The largest absolute Gasteiger partial charge is 0.496 e. The van der Waals surface area contributed by atoms with Gasteiger partial charge in [-0.2, -0.15) is 0 Å². The van der Waals surface area contributed by atoms with Crippen molar-refractivity contribution in [3.05, 3.63) is 23.8 Å². The van der Waals surface area contributed by atoms with Gasteiger partial charge in [-0.05, 0) is 43.5 Å². The van der Waals surface area contributed by atoms with E-state index in [9.17, 15) is 13.2 Å². The molecule has 1 aromatic rings. The van der Waals surface area contributed by atoms with Crippen LogP contribution in [0.3, 0.4) is 0 Å². The molecule has 0 saturated carbocycles. The third-order valence-corrected chi connectivity index (χ3v) is 5.23. The maximum Gasteiger partial charge on any atom is 0.240 e. The average molecular weight is 326 g/mol. The second-order valence-corrected chi connectivity index (χ2v) is 7.13. The van der Waals surface area contributed by atoms with E-state index in [2.05, 4.69) is 4.72 Å². The summed E-state index contributed by atoms with van der Waals surface area (Å²) in [5.41, 5.74) is 0.761. The van der Waals surface area contributed by atoms with Crippen LogP contribution in [0.2, 0.25) is 0 Å². The van der Waals surface area contributed by atoms with E-state index in [1.807, 2.05) is 0 Å². The van der Waals surface area contributed by atoms with Crippen molar-refractivity contribution in [2.45, 2.75) is 31.1 Å². The molecule has 1 aromatic carbocycles. The average Bonchev–Trinajstić information content (AvgIpc) is 2.49. The summed E-state index contributed by atoms with van der Waals surface area (Å²) in [5.74, 6) is 0.753. The molecular weight excluding hydrogens is 304 g/mol. The summed E-state index contributed by atoms with van der Waals surface area (Å²) >= 11 is 0. The normalized spacial score (nSPS) is 15.9. The summed E-state index contributed by atoms with van der Waals surface area (Å²) in [6.07, 6.45) is 2.47. The number of hydrogen-bond acceptors (Lipinski definition) is 4. The lowest BCUT2D eigenvalue weighted by Crippen LogP contribution is -2.41. The van der Waals surface area contributed by atoms with Crippen molar-refractivity contribution < 1.29 is 17.9 Å². The number of nitrogens with one attached hydrogen (secondary N) is 1. The molecule has 1 fully saturated rings. The molecule has 0 atom stereocenters. The number of amides is 1. The van der Waals surface area contributed by atoms with Gasteiger partial charge in [0.25, 0.3) is 0 Å². The molecule has 1 aliphatic heterocycles. The Labute approximate surface area is 131 Å². The van der Waals surface area contributed by atoms with Crippen LogP contribution in [0.4, 0.5) is 0 Å². The molecule has 22 heavy (non-hydrogen) atoms. The predicted octanol–water partition coefficient (Wildman–Crippen LogP) is 1.29. The molecule has 1 N–H and O–H groups in total. The molecule has 1 aliphatic rings. The summed E-state index contributed by atoms with van der Waals surface area (Å²) in [7, 11) is -2.02. The Kier molecular flexibility index (Phi) is 5.42. The second kappa shape index (κ2) is 7.11. The van der Waals surface area contributed by atoms with Gasteiger partial charge in [-0.1, -0.05) is 0 Å². The Morgan fingerprint density at radius 1 is 1.32 bits per heavy atom. The third kappa shape index (κ3) is 3.98. The highest BCUT2D eigenvalue weighted by Crippen LogP contribution is 2.21. The number of likely N-dealkylation sites (tertiary alicyclic amines) is 1. The van der Waals surface area contributed by atoms with Crippen LogP contribution in [-0.4, -0.2) is 46.0 Å². The minimum absolute atomic E-state index is 0.103. The molecule has 1 saturated heterocycles. The zero-order chi connectivity index (χ0) is 16.2. The van der Waals surface area contributed by atoms with Crippen molar-refractivity contribution in [2.24, 2.45) is 0 Å². The number of benzene rings is 1. The molecule has 0 spiro atoms. The first-order valence-corrected chi connectivity index (χ1v) is 8.84. The van der Waals surface area contributed by atoms with Crippen LogP contribution < -0.4 is 9.46 Å². The van der Waals surface area contributed by atoms with E-state index in [0.717, 1.165) is 18.4 Å². The standard InChI is InChI=1S/C15H22N2O4S/c1-12-11-13(6-7-14(12)21-2)22(19,20)16-8-10-17-9-4-3-5-15(17)18/h6-7,11,16H,3-5,8-10H2,1-2H3. The van der Waals surface area contributed by atoms with Gasteiger partial charge in [0, 0.05) is 26.1 Å². The van der Waals surface area contributed by atoms with Crippen molar-refractivity contribution in [1.29, 1.82) is 0 Å². The van der Waals surface area contributed by atoms with Crippen LogP contribution in [0.5, 0.6) is 5.75 Å². The highest BCUT2D eigenvalue weighted by molar-refractivity contribution is 7.89. The highest BCUT2D eigenvalue weighted by atomic mass is 32.2. The van der Waals surface area contributed by atoms with E-state index in [-0.39, 0.29) is 17.3 Å². The molecule has 0 radical (unpaired) electrons. The molecule has 0 aliphatic carbocycles. The zero-order valence-electron chi connectivity index (χ0n) is 13.0. The van der Waals surface area contributed by atoms with Gasteiger partial charge in [0.2, 0.25) is 15.9 Å². The van der Waals surface area contributed by atoms with E-state index >= 15 is 0 Å². The lowest BCUT2D eigenvalue weighted by molar-refractivity contribution is -0.133. The van der Waals surface area contributed by atoms with Crippen LogP contribution in [0.15, 0.2) is 23.1 Å². The first-order chi connectivity index (χ1) is 10.4. The fourth-order valence-corrected chi connectivity index (χ4v) is 3.62. The minimum atomic E-state index is -3.57. The minimum Gasteiger partial charge on any atom is -0.496 e. The van der Waals surface area contributed by atoms with Crippen LogP contribution in [0.25, 0.3) is 0 Å². The van der Waals surface area contributed by atoms with E-state index in [4.69, 9.17) is 4.74 Å². The number of ether oxygens (including phenoxy) is 1. The summed E-state index contributed by atoms with van der Waals surface area (Å²) in [4.78, 5) is 13.6. The Hall–Kier alpha value is -1.60. The van der Waals surface area contributed by atoms with Crippen molar-refractivity contribution in [2.75, 3.05) is 26.7 Å². The predicted molar refractivity (Wildman–Crippen MR) is 83.4 cm³/mol. The molecule has 0 aromatic heterocycles. The number of hydrogen-bond donors (Lipinski definition) is 1. The maximum absolute atomic E-state index is 12.3. The quantitative estimate of drug-likeness (QED) is 0.855. The highest BCUT2D eigenvalue weighted by Gasteiger charge is 2.19. The summed E-state index contributed by atoms with van der Waals surface area (Å²) in [6.45, 7) is 3.14. The van der Waals surface area contributed by atoms with Gasteiger partial charge in [0.15, 0.2) is 0 Å². The molecular formula is C15H22N2O4S. The smallest absolute Gasteiger partial charge is 0.240 e. The zero-order valence-corrected chi connectivity index (χ0v) is 13.8. The van der Waals surface area contributed by atoms with Crippen molar-refractivity contribution in [3.8, 4) is 5.75 Å². The van der Waals surface area contributed by atoms with Gasteiger partial charge < -0.3 is 9.64 Å². The van der Waals surface area contributed by atoms with Crippen LogP contribution in [-0.2, 0) is 14.8 Å². The van der Waals surface area contributed by atoms with E-state index in [0.29, 0.717) is 25.3 Å². The molecule has 0 unspecified atom stereocenters. The number of rotatable bonds is 6. The Balaban J connectivity index is 1.96. The summed E-state index contributed by atoms with van der Waals surface area (Å²) in [6, 6.07) is 4.73. The SMILES string of the molecule is COc1ccc(S(=O)(=O)NCCN2CCCCC2=O)cc1C. The fraction of sp³-hybridized carbons (Fsp3) is 0.533. The second-order valence-electron chi connectivity index (χ2n) is 5.37. The summed E-state index contributed by atoms with van der Waals surface area (Å²) < 4.78 is 32.2. The maximum atomic E-state index is 12.3. The molecule has 2 rings (SSSR count). The van der Waals surface area contributed by atoms with Crippen LogP contribution >= 0.6 is 0 Å². The Morgan fingerprint density at radius 3 is 2.73 bits per heavy atom. The monoisotopic (exact) mass is 326 g/mol. The molecule has 1 amide bonds. The van der Waals surface area contributed by atoms with E-state index in [1.165, 1.54) is 6.07 Å². The molecule has 1 heterocycles. The fourth-order valence-electron chi connectivity index (χ4n) is 2.51. The van der Waals surface area contributed by atoms with Gasteiger partial charge in [0.1, 0.15) is 5.75 Å². The molecule has 0 bridgehead atoms. The van der Waals surface area contributed by atoms with Gasteiger partial charge in [0.05, 0.1) is 12.0 Å². The topological polar surface area (TPSA) is 75.7 Å². The van der Waals surface area contributed by atoms with E-state index in [1.54, 1.807) is 31.1 Å². The van der Waals surface area contributed by atoms with Crippen LogP contribution in [0.1, 0.15) is 24.8 Å². The molecule has 7 heteroatoms. The molecule has 6 nitrogen and oxygen atoms in total.